The van der Waals surface area contributed by atoms with Crippen LogP contribution in [0.5, 0.6) is 0 Å². The zero-order valence-electron chi connectivity index (χ0n) is 10.3. The fraction of sp³-hybridized carbons (Fsp3) is 0.545. The summed E-state index contributed by atoms with van der Waals surface area (Å²) in [7, 11) is 5.65. The molecule has 0 saturated carbocycles. The number of likely N-dealkylation sites (tertiary alicyclic amines) is 1. The van der Waals surface area contributed by atoms with E-state index >= 15 is 0 Å². The van der Waals surface area contributed by atoms with Crippen molar-refractivity contribution in [3.05, 3.63) is 12.4 Å². The molecule has 2 heterocycles. The topological polar surface area (TPSA) is 61.4 Å². The van der Waals surface area contributed by atoms with E-state index in [1.165, 1.54) is 6.33 Å². The highest BCUT2D eigenvalue weighted by molar-refractivity contribution is 5.86. The Bertz CT molecular complexity index is 420. The number of nitrogens with one attached hydrogen (secondary N) is 1. The van der Waals surface area contributed by atoms with Crippen molar-refractivity contribution in [2.24, 2.45) is 0 Å². The Morgan fingerprint density at radius 2 is 2.24 bits per heavy atom. The number of aromatic nitrogens is 2. The lowest BCUT2D eigenvalue weighted by molar-refractivity contribution is -0.127. The number of hydrogen-bond donors (Lipinski definition) is 1. The summed E-state index contributed by atoms with van der Waals surface area (Å²) in [6, 6.07) is 1.68. The van der Waals surface area contributed by atoms with Crippen molar-refractivity contribution in [1.29, 1.82) is 0 Å². The van der Waals surface area contributed by atoms with Gasteiger partial charge in [-0.15, -0.1) is 0 Å². The Labute approximate surface area is 101 Å². The fourth-order valence-electron chi connectivity index (χ4n) is 1.81. The second-order valence-corrected chi connectivity index (χ2v) is 4.40. The van der Waals surface area contributed by atoms with E-state index in [9.17, 15) is 4.79 Å². The van der Waals surface area contributed by atoms with Crippen LogP contribution in [0.2, 0.25) is 0 Å². The van der Waals surface area contributed by atoms with Crippen LogP contribution in [-0.4, -0.2) is 54.5 Å². The smallest absolute Gasteiger partial charge is 0.244 e. The SMILES string of the molecule is CN1CCC(Nc2cc(N(C)C)ncn2)C1=O. The normalized spacial score (nSPS) is 19.6. The van der Waals surface area contributed by atoms with Crippen molar-refractivity contribution in [2.45, 2.75) is 12.5 Å². The van der Waals surface area contributed by atoms with E-state index in [0.717, 1.165) is 18.8 Å². The second kappa shape index (κ2) is 4.57. The molecular weight excluding hydrogens is 218 g/mol. The summed E-state index contributed by atoms with van der Waals surface area (Å²) in [6.45, 7) is 0.794. The summed E-state index contributed by atoms with van der Waals surface area (Å²) >= 11 is 0. The van der Waals surface area contributed by atoms with Crippen molar-refractivity contribution >= 4 is 17.5 Å². The predicted molar refractivity (Wildman–Crippen MR) is 66.0 cm³/mol. The third kappa shape index (κ3) is 2.46. The molecular formula is C11H17N5O. The van der Waals surface area contributed by atoms with Crippen LogP contribution in [0.4, 0.5) is 11.6 Å². The molecule has 0 bridgehead atoms. The average molecular weight is 235 g/mol. The first-order valence-corrected chi connectivity index (χ1v) is 5.59. The lowest BCUT2D eigenvalue weighted by Gasteiger charge is -2.15. The quantitative estimate of drug-likeness (QED) is 0.810. The van der Waals surface area contributed by atoms with Gasteiger partial charge in [0, 0.05) is 33.8 Å². The molecule has 1 aromatic rings. The number of likely N-dealkylation sites (N-methyl/N-ethyl adjacent to an activating group) is 1. The van der Waals surface area contributed by atoms with Gasteiger partial charge in [-0.3, -0.25) is 4.79 Å². The second-order valence-electron chi connectivity index (χ2n) is 4.40. The van der Waals surface area contributed by atoms with Gasteiger partial charge in [-0.05, 0) is 6.42 Å². The molecule has 6 heteroatoms. The lowest BCUT2D eigenvalue weighted by atomic mass is 10.2. The third-order valence-corrected chi connectivity index (χ3v) is 2.86. The van der Waals surface area contributed by atoms with Gasteiger partial charge in [0.05, 0.1) is 0 Å². The monoisotopic (exact) mass is 235 g/mol. The summed E-state index contributed by atoms with van der Waals surface area (Å²) in [5.74, 6) is 1.63. The highest BCUT2D eigenvalue weighted by Gasteiger charge is 2.29. The van der Waals surface area contributed by atoms with Crippen molar-refractivity contribution < 1.29 is 4.79 Å². The Hall–Kier alpha value is -1.85. The molecule has 1 saturated heterocycles. The number of amides is 1. The fourth-order valence-corrected chi connectivity index (χ4v) is 1.81. The van der Waals surface area contributed by atoms with E-state index in [2.05, 4.69) is 15.3 Å². The van der Waals surface area contributed by atoms with Gasteiger partial charge in [0.15, 0.2) is 0 Å². The van der Waals surface area contributed by atoms with E-state index in [-0.39, 0.29) is 11.9 Å². The number of anilines is 2. The molecule has 1 aliphatic rings. The van der Waals surface area contributed by atoms with Gasteiger partial charge in [-0.1, -0.05) is 0 Å². The Morgan fingerprint density at radius 3 is 2.82 bits per heavy atom. The molecule has 1 aliphatic heterocycles. The molecule has 6 nitrogen and oxygen atoms in total. The minimum Gasteiger partial charge on any atom is -0.363 e. The van der Waals surface area contributed by atoms with Crippen LogP contribution < -0.4 is 10.2 Å². The molecule has 0 aromatic carbocycles. The molecule has 17 heavy (non-hydrogen) atoms. The maximum Gasteiger partial charge on any atom is 0.244 e. The van der Waals surface area contributed by atoms with Gasteiger partial charge in [-0.25, -0.2) is 9.97 Å². The van der Waals surface area contributed by atoms with Crippen LogP contribution in [0.25, 0.3) is 0 Å². The molecule has 1 aromatic heterocycles. The van der Waals surface area contributed by atoms with E-state index in [1.807, 2.05) is 32.1 Å². The Morgan fingerprint density at radius 1 is 1.47 bits per heavy atom. The highest BCUT2D eigenvalue weighted by atomic mass is 16.2. The standard InChI is InChI=1S/C11H17N5O/c1-15(2)10-6-9(12-7-13-10)14-8-4-5-16(3)11(8)17/h6-8H,4-5H2,1-3H3,(H,12,13,14). The van der Waals surface area contributed by atoms with E-state index in [1.54, 1.807) is 4.90 Å². The zero-order chi connectivity index (χ0) is 12.4. The summed E-state index contributed by atoms with van der Waals surface area (Å²) in [5.41, 5.74) is 0. The van der Waals surface area contributed by atoms with Gasteiger partial charge in [0.25, 0.3) is 0 Å². The Kier molecular flexibility index (Phi) is 3.12. The highest BCUT2D eigenvalue weighted by Crippen LogP contribution is 2.16. The summed E-state index contributed by atoms with van der Waals surface area (Å²) in [6.07, 6.45) is 2.32. The molecule has 92 valence electrons. The zero-order valence-corrected chi connectivity index (χ0v) is 10.3. The largest absolute Gasteiger partial charge is 0.363 e. The molecule has 1 N–H and O–H groups in total. The van der Waals surface area contributed by atoms with Crippen LogP contribution in [0, 0.1) is 0 Å². The van der Waals surface area contributed by atoms with E-state index in [0.29, 0.717) is 5.82 Å². The van der Waals surface area contributed by atoms with Crippen LogP contribution in [0.15, 0.2) is 12.4 Å². The number of rotatable bonds is 3. The number of carbonyl (C=O) groups excluding carboxylic acids is 1. The number of nitrogens with zero attached hydrogens (tertiary/aromatic N) is 4. The summed E-state index contributed by atoms with van der Waals surface area (Å²) in [4.78, 5) is 23.6. The van der Waals surface area contributed by atoms with Crippen molar-refractivity contribution in [3.8, 4) is 0 Å². The molecule has 0 aliphatic carbocycles. The van der Waals surface area contributed by atoms with Crippen molar-refractivity contribution in [3.63, 3.8) is 0 Å². The molecule has 1 unspecified atom stereocenters. The van der Waals surface area contributed by atoms with Gasteiger partial charge in [0.2, 0.25) is 5.91 Å². The lowest BCUT2D eigenvalue weighted by Crippen LogP contribution is -2.31. The van der Waals surface area contributed by atoms with Crippen LogP contribution in [-0.2, 0) is 4.79 Å². The first-order valence-electron chi connectivity index (χ1n) is 5.59. The molecule has 2 rings (SSSR count). The number of hydrogen-bond acceptors (Lipinski definition) is 5. The first kappa shape index (κ1) is 11.6. The molecule has 1 amide bonds. The predicted octanol–water partition coefficient (Wildman–Crippen LogP) is 0.185. The van der Waals surface area contributed by atoms with Gasteiger partial charge in [-0.2, -0.15) is 0 Å². The third-order valence-electron chi connectivity index (χ3n) is 2.86. The Balaban J connectivity index is 2.09. The van der Waals surface area contributed by atoms with E-state index < -0.39 is 0 Å². The van der Waals surface area contributed by atoms with Crippen LogP contribution in [0.1, 0.15) is 6.42 Å². The summed E-state index contributed by atoms with van der Waals surface area (Å²) < 4.78 is 0. The maximum absolute atomic E-state index is 11.7. The van der Waals surface area contributed by atoms with Crippen molar-refractivity contribution in [1.82, 2.24) is 14.9 Å². The minimum atomic E-state index is -0.162. The van der Waals surface area contributed by atoms with Crippen LogP contribution >= 0.6 is 0 Å². The van der Waals surface area contributed by atoms with Crippen LogP contribution in [0.3, 0.4) is 0 Å². The molecule has 0 spiro atoms. The van der Waals surface area contributed by atoms with Crippen molar-refractivity contribution in [2.75, 3.05) is 37.9 Å². The molecule has 1 fully saturated rings. The number of carbonyl (C=O) groups is 1. The van der Waals surface area contributed by atoms with E-state index in [4.69, 9.17) is 0 Å². The molecule has 1 atom stereocenters. The maximum atomic E-state index is 11.7. The van der Waals surface area contributed by atoms with Gasteiger partial charge in [0.1, 0.15) is 24.0 Å². The first-order chi connectivity index (χ1) is 8.08. The summed E-state index contributed by atoms with van der Waals surface area (Å²) in [5, 5.41) is 3.15. The minimum absolute atomic E-state index is 0.120. The van der Waals surface area contributed by atoms with Gasteiger partial charge < -0.3 is 15.1 Å². The molecule has 0 radical (unpaired) electrons. The average Bonchev–Trinajstić information content (AvgIpc) is 2.61. The van der Waals surface area contributed by atoms with Gasteiger partial charge >= 0.3 is 0 Å².